The third-order valence-corrected chi connectivity index (χ3v) is 3.74. The van der Waals surface area contributed by atoms with Crippen molar-refractivity contribution >= 4 is 35.7 Å². The highest BCUT2D eigenvalue weighted by Crippen LogP contribution is 1.96. The van der Waals surface area contributed by atoms with Gasteiger partial charge in [-0.15, -0.1) is 0 Å². The maximum Gasteiger partial charge on any atom is 0.320 e. The van der Waals surface area contributed by atoms with Gasteiger partial charge in [0.2, 0.25) is 5.91 Å². The van der Waals surface area contributed by atoms with Crippen molar-refractivity contribution in [3.8, 4) is 0 Å². The Bertz CT molecular complexity index is 690. The number of rotatable bonds is 12. The minimum atomic E-state index is -1.11. The molecule has 0 radical (unpaired) electrons. The van der Waals surface area contributed by atoms with Crippen molar-refractivity contribution in [3.05, 3.63) is 0 Å². The summed E-state index contributed by atoms with van der Waals surface area (Å²) in [6.07, 6.45) is 1.10. The molecule has 0 aliphatic carbocycles. The van der Waals surface area contributed by atoms with Crippen LogP contribution in [-0.4, -0.2) is 86.9 Å². The molecule has 4 atom stereocenters. The number of hydrogen-bond donors (Lipinski definition) is 12. The van der Waals surface area contributed by atoms with Gasteiger partial charge < -0.3 is 60.1 Å². The highest BCUT2D eigenvalue weighted by molar-refractivity contribution is 5.77. The van der Waals surface area contributed by atoms with Crippen molar-refractivity contribution in [2.24, 2.45) is 40.3 Å². The van der Waals surface area contributed by atoms with Crippen LogP contribution in [0.4, 0.5) is 0 Å². The summed E-state index contributed by atoms with van der Waals surface area (Å²) >= 11 is 0. The Balaban J connectivity index is -0.000000195. The molecule has 0 saturated carbocycles. The average Bonchev–Trinajstić information content (AvgIpc) is 2.74. The molecule has 212 valence electrons. The van der Waals surface area contributed by atoms with Gasteiger partial charge in [-0.3, -0.25) is 29.4 Å². The average molecular weight is 527 g/mol. The maximum atomic E-state index is 10.2. The van der Waals surface area contributed by atoms with Gasteiger partial charge in [-0.25, -0.2) is 0 Å². The lowest BCUT2D eigenvalue weighted by atomic mass is 10.1. The van der Waals surface area contributed by atoms with E-state index in [2.05, 4.69) is 5.32 Å². The second-order valence-corrected chi connectivity index (χ2v) is 7.61. The Hall–Kier alpha value is -3.54. The van der Waals surface area contributed by atoms with Crippen molar-refractivity contribution < 1.29 is 44.4 Å². The van der Waals surface area contributed by atoms with Gasteiger partial charge in [0.1, 0.15) is 24.2 Å². The predicted molar refractivity (Wildman–Crippen MR) is 131 cm³/mol. The molecule has 36 heavy (non-hydrogen) atoms. The Morgan fingerprint density at radius 2 is 1.14 bits per heavy atom. The SMILES string of the molecule is CC(C)[C@H](N)C(=O)O.C[C@H](N)C(=O)O.N=C(N)NCCC[C@H](N)C(=O)O.NC(=O)CC[C@H](N)C(=O)O. The van der Waals surface area contributed by atoms with Gasteiger partial charge in [0, 0.05) is 13.0 Å². The van der Waals surface area contributed by atoms with Crippen molar-refractivity contribution in [1.29, 1.82) is 5.41 Å². The van der Waals surface area contributed by atoms with E-state index in [0.29, 0.717) is 19.4 Å². The summed E-state index contributed by atoms with van der Waals surface area (Å²) in [5.74, 6) is -4.63. The quantitative estimate of drug-likeness (QED) is 0.0676. The van der Waals surface area contributed by atoms with Crippen LogP contribution in [0.2, 0.25) is 0 Å². The lowest BCUT2D eigenvalue weighted by Gasteiger charge is -2.07. The van der Waals surface area contributed by atoms with Crippen LogP contribution in [0, 0.1) is 11.3 Å². The molecule has 0 bridgehead atoms. The molecule has 0 unspecified atom stereocenters. The summed E-state index contributed by atoms with van der Waals surface area (Å²) in [5.41, 5.74) is 30.0. The number of carboxylic acid groups (broad SMARTS) is 4. The van der Waals surface area contributed by atoms with Crippen LogP contribution in [0.25, 0.3) is 0 Å². The standard InChI is InChI=1S/C6H14N4O2.C5H10N2O3.C5H11NO2.C3H7NO2/c7-4(5(11)12)2-1-3-10-6(8)9;6-3(5(9)10)1-2-4(7)8;1-3(2)4(6)5(7)8;1-2(4)3(5)6/h4H,1-3,7H2,(H,11,12)(H4,8,9,10);3H,1-2,6H2,(H2,7,8)(H,9,10);3-4H,6H2,1-2H3,(H,7,8);2H,4H2,1H3,(H,5,6)/t4-;3-;4-;2-/m0000/s1. The van der Waals surface area contributed by atoms with Crippen molar-refractivity contribution in [2.75, 3.05) is 6.54 Å². The van der Waals surface area contributed by atoms with Crippen molar-refractivity contribution in [1.82, 2.24) is 5.32 Å². The highest BCUT2D eigenvalue weighted by Gasteiger charge is 2.14. The first-order valence-corrected chi connectivity index (χ1v) is 10.6. The molecule has 0 aliphatic rings. The van der Waals surface area contributed by atoms with Gasteiger partial charge in [0.05, 0.1) is 0 Å². The minimum Gasteiger partial charge on any atom is -0.480 e. The Labute approximate surface area is 209 Å². The summed E-state index contributed by atoms with van der Waals surface area (Å²) in [6, 6.07) is -3.24. The molecule has 0 aromatic heterocycles. The van der Waals surface area contributed by atoms with E-state index in [1.54, 1.807) is 13.8 Å². The topological polar surface area (TPSA) is 358 Å². The molecule has 0 saturated heterocycles. The number of primary amides is 1. The largest absolute Gasteiger partial charge is 0.480 e. The molecule has 0 rings (SSSR count). The van der Waals surface area contributed by atoms with Crippen LogP contribution in [0.5, 0.6) is 0 Å². The van der Waals surface area contributed by atoms with Crippen LogP contribution in [-0.2, 0) is 24.0 Å². The van der Waals surface area contributed by atoms with Gasteiger partial charge in [-0.1, -0.05) is 13.8 Å². The number of carbonyl (C=O) groups excluding carboxylic acids is 1. The van der Waals surface area contributed by atoms with E-state index in [0.717, 1.165) is 0 Å². The van der Waals surface area contributed by atoms with Gasteiger partial charge in [0.15, 0.2) is 5.96 Å². The number of carboxylic acids is 4. The molecule has 17 heteroatoms. The number of nitrogens with two attached hydrogens (primary N) is 6. The van der Waals surface area contributed by atoms with E-state index >= 15 is 0 Å². The second kappa shape index (κ2) is 23.2. The van der Waals surface area contributed by atoms with Gasteiger partial charge in [0.25, 0.3) is 0 Å². The Kier molecular flexibility index (Phi) is 25.6. The van der Waals surface area contributed by atoms with E-state index in [1.807, 2.05) is 0 Å². The van der Waals surface area contributed by atoms with Crippen LogP contribution >= 0.6 is 0 Å². The van der Waals surface area contributed by atoms with Gasteiger partial charge >= 0.3 is 23.9 Å². The van der Waals surface area contributed by atoms with E-state index < -0.39 is 54.0 Å². The molecule has 0 aliphatic heterocycles. The summed E-state index contributed by atoms with van der Waals surface area (Å²) in [6.45, 7) is 5.45. The van der Waals surface area contributed by atoms with Crippen LogP contribution in [0.1, 0.15) is 46.5 Å². The summed E-state index contributed by atoms with van der Waals surface area (Å²) in [7, 11) is 0. The highest BCUT2D eigenvalue weighted by atomic mass is 16.4. The number of carbonyl (C=O) groups is 5. The van der Waals surface area contributed by atoms with Crippen LogP contribution in [0.15, 0.2) is 0 Å². The fourth-order valence-corrected chi connectivity index (χ4v) is 1.37. The molecule has 0 heterocycles. The molecule has 17 nitrogen and oxygen atoms in total. The number of guanidine groups is 1. The van der Waals surface area contributed by atoms with Crippen molar-refractivity contribution in [3.63, 3.8) is 0 Å². The number of aliphatic carboxylic acids is 4. The third kappa shape index (κ3) is 32.6. The predicted octanol–water partition coefficient (Wildman–Crippen LogP) is -3.20. The first kappa shape index (κ1) is 39.7. The molecule has 1 amide bonds. The molecular weight excluding hydrogens is 484 g/mol. The van der Waals surface area contributed by atoms with Crippen LogP contribution < -0.4 is 39.7 Å². The Morgan fingerprint density at radius 3 is 1.36 bits per heavy atom. The monoisotopic (exact) mass is 526 g/mol. The van der Waals surface area contributed by atoms with Crippen LogP contribution in [0.3, 0.4) is 0 Å². The number of nitrogens with one attached hydrogen (secondary N) is 2. The van der Waals surface area contributed by atoms with Gasteiger partial charge in [-0.2, -0.15) is 0 Å². The zero-order chi connectivity index (χ0) is 29.6. The zero-order valence-corrected chi connectivity index (χ0v) is 20.7. The lowest BCUT2D eigenvalue weighted by molar-refractivity contribution is -0.140. The fourth-order valence-electron chi connectivity index (χ4n) is 1.37. The van der Waals surface area contributed by atoms with Gasteiger partial charge in [-0.05, 0) is 32.1 Å². The summed E-state index contributed by atoms with van der Waals surface area (Å²) < 4.78 is 0. The minimum absolute atomic E-state index is 0.0208. The smallest absolute Gasteiger partial charge is 0.320 e. The maximum absolute atomic E-state index is 10.2. The van der Waals surface area contributed by atoms with E-state index in [4.69, 9.17) is 60.2 Å². The summed E-state index contributed by atoms with van der Waals surface area (Å²) in [5, 5.41) is 42.0. The normalized spacial score (nSPS) is 12.9. The first-order valence-electron chi connectivity index (χ1n) is 10.6. The Morgan fingerprint density at radius 1 is 0.750 bits per heavy atom. The number of amides is 1. The van der Waals surface area contributed by atoms with E-state index in [1.165, 1.54) is 6.92 Å². The van der Waals surface area contributed by atoms with Crippen molar-refractivity contribution in [2.45, 2.75) is 70.6 Å². The van der Waals surface area contributed by atoms with E-state index in [9.17, 15) is 24.0 Å². The molecule has 18 N–H and O–H groups in total. The van der Waals surface area contributed by atoms with E-state index in [-0.39, 0.29) is 24.7 Å². The molecule has 0 fully saturated rings. The molecule has 0 spiro atoms. The summed E-state index contributed by atoms with van der Waals surface area (Å²) in [4.78, 5) is 49.9. The molecule has 0 aromatic carbocycles. The first-order chi connectivity index (χ1) is 16.3. The fraction of sp³-hybridized carbons (Fsp3) is 0.684. The lowest BCUT2D eigenvalue weighted by Crippen LogP contribution is -2.34. The second-order valence-electron chi connectivity index (χ2n) is 7.61. The zero-order valence-electron chi connectivity index (χ0n) is 20.7. The number of hydrogen-bond acceptors (Lipinski definition) is 10. The molecular formula is C19H42N8O9. The third-order valence-electron chi connectivity index (χ3n) is 3.74. The molecule has 0 aromatic rings.